The molecule has 0 bridgehead atoms. The normalized spacial score (nSPS) is 16.6. The minimum atomic E-state index is -0.399. The summed E-state index contributed by atoms with van der Waals surface area (Å²) in [5.74, 6) is 0.417. The van der Waals surface area contributed by atoms with Crippen molar-refractivity contribution in [3.05, 3.63) is 41.3 Å². The second-order valence-corrected chi connectivity index (χ2v) is 7.85. The van der Waals surface area contributed by atoms with E-state index in [4.69, 9.17) is 4.42 Å². The lowest BCUT2D eigenvalue weighted by atomic mass is 10.00. The molecule has 0 atom stereocenters. The monoisotopic (exact) mass is 415 g/mol. The predicted molar refractivity (Wildman–Crippen MR) is 104 cm³/mol. The minimum Gasteiger partial charge on any atom is -0.416 e. The van der Waals surface area contributed by atoms with Crippen LogP contribution in [0.2, 0.25) is 0 Å². The second kappa shape index (κ2) is 8.64. The molecular formula is C19H21N5O4S. The third kappa shape index (κ3) is 4.76. The number of fused-ring (bicyclic) bond motifs is 1. The molecule has 152 valence electrons. The van der Waals surface area contributed by atoms with Gasteiger partial charge in [0.25, 0.3) is 5.22 Å². The van der Waals surface area contributed by atoms with Crippen LogP contribution in [0, 0.1) is 0 Å². The van der Waals surface area contributed by atoms with Crippen LogP contribution >= 0.6 is 11.8 Å². The van der Waals surface area contributed by atoms with Crippen molar-refractivity contribution in [3.8, 4) is 0 Å². The Morgan fingerprint density at radius 1 is 1.14 bits per heavy atom. The maximum atomic E-state index is 12.5. The van der Waals surface area contributed by atoms with Crippen LogP contribution in [0.3, 0.4) is 0 Å². The van der Waals surface area contributed by atoms with E-state index in [1.54, 1.807) is 0 Å². The maximum Gasteiger partial charge on any atom is 0.324 e. The van der Waals surface area contributed by atoms with Gasteiger partial charge in [-0.1, -0.05) is 36.0 Å². The summed E-state index contributed by atoms with van der Waals surface area (Å²) < 4.78 is 5.57. The van der Waals surface area contributed by atoms with Crippen molar-refractivity contribution in [1.29, 1.82) is 0 Å². The Morgan fingerprint density at radius 3 is 2.79 bits per heavy atom. The third-order valence-corrected chi connectivity index (χ3v) is 5.79. The largest absolute Gasteiger partial charge is 0.416 e. The van der Waals surface area contributed by atoms with E-state index in [-0.39, 0.29) is 17.6 Å². The van der Waals surface area contributed by atoms with E-state index in [2.05, 4.69) is 27.6 Å². The molecule has 4 rings (SSSR count). The van der Waals surface area contributed by atoms with Gasteiger partial charge < -0.3 is 14.2 Å². The zero-order valence-corrected chi connectivity index (χ0v) is 16.6. The third-order valence-electron chi connectivity index (χ3n) is 4.99. The van der Waals surface area contributed by atoms with Gasteiger partial charge in [0, 0.05) is 39.0 Å². The molecule has 1 aromatic heterocycles. The van der Waals surface area contributed by atoms with Gasteiger partial charge in [-0.3, -0.25) is 14.9 Å². The van der Waals surface area contributed by atoms with E-state index in [9.17, 15) is 14.4 Å². The minimum absolute atomic E-state index is 0.0407. The molecule has 10 heteroatoms. The van der Waals surface area contributed by atoms with E-state index in [1.165, 1.54) is 27.8 Å². The first-order chi connectivity index (χ1) is 14.1. The molecule has 0 aliphatic carbocycles. The lowest BCUT2D eigenvalue weighted by molar-refractivity contribution is -0.129. The summed E-state index contributed by atoms with van der Waals surface area (Å²) in [6, 6.07) is 7.79. The van der Waals surface area contributed by atoms with Crippen molar-refractivity contribution in [2.24, 2.45) is 0 Å². The van der Waals surface area contributed by atoms with Crippen molar-refractivity contribution in [1.82, 2.24) is 25.3 Å². The van der Waals surface area contributed by atoms with Crippen molar-refractivity contribution in [2.75, 3.05) is 25.4 Å². The Morgan fingerprint density at radius 2 is 1.97 bits per heavy atom. The Labute approximate surface area is 171 Å². The van der Waals surface area contributed by atoms with Crippen LogP contribution in [-0.2, 0) is 29.0 Å². The molecule has 4 amide bonds. The fourth-order valence-electron chi connectivity index (χ4n) is 3.36. The zero-order chi connectivity index (χ0) is 20.2. The quantitative estimate of drug-likeness (QED) is 0.707. The first kappa shape index (κ1) is 19.4. The number of thioether (sulfide) groups is 1. The SMILES string of the molecule is O=C1CCN(CCc2nnc(SCC(=O)N3CCc4ccccc4C3)o2)C(=O)N1. The van der Waals surface area contributed by atoms with Gasteiger partial charge in [-0.05, 0) is 17.5 Å². The van der Waals surface area contributed by atoms with Crippen LogP contribution in [0.25, 0.3) is 0 Å². The van der Waals surface area contributed by atoms with Gasteiger partial charge in [-0.2, -0.15) is 0 Å². The van der Waals surface area contributed by atoms with Crippen LogP contribution in [0.15, 0.2) is 33.9 Å². The first-order valence-corrected chi connectivity index (χ1v) is 10.5. The summed E-state index contributed by atoms with van der Waals surface area (Å²) in [6.07, 6.45) is 1.55. The summed E-state index contributed by atoms with van der Waals surface area (Å²) in [7, 11) is 0. The molecule has 0 radical (unpaired) electrons. The van der Waals surface area contributed by atoms with Crippen molar-refractivity contribution >= 4 is 29.6 Å². The molecule has 2 aliphatic rings. The molecule has 9 nitrogen and oxygen atoms in total. The molecule has 2 aliphatic heterocycles. The highest BCUT2D eigenvalue weighted by Crippen LogP contribution is 2.21. The van der Waals surface area contributed by atoms with Crippen LogP contribution in [0.4, 0.5) is 4.79 Å². The van der Waals surface area contributed by atoms with Gasteiger partial charge in [0.2, 0.25) is 17.7 Å². The molecular weight excluding hydrogens is 394 g/mol. The summed E-state index contributed by atoms with van der Waals surface area (Å²) in [6.45, 7) is 2.11. The summed E-state index contributed by atoms with van der Waals surface area (Å²) in [5, 5.41) is 10.6. The maximum absolute atomic E-state index is 12.5. The molecule has 0 unspecified atom stereocenters. The number of imide groups is 1. The summed E-state index contributed by atoms with van der Waals surface area (Å²) in [4.78, 5) is 38.8. The Hall–Kier alpha value is -2.88. The van der Waals surface area contributed by atoms with Crippen LogP contribution < -0.4 is 5.32 Å². The molecule has 0 spiro atoms. The van der Waals surface area contributed by atoms with Crippen molar-refractivity contribution in [3.63, 3.8) is 0 Å². The highest BCUT2D eigenvalue weighted by atomic mass is 32.2. The number of aromatic nitrogens is 2. The van der Waals surface area contributed by atoms with Crippen molar-refractivity contribution in [2.45, 2.75) is 31.0 Å². The average Bonchev–Trinajstić information content (AvgIpc) is 3.19. The molecule has 29 heavy (non-hydrogen) atoms. The number of hydrogen-bond acceptors (Lipinski definition) is 7. The molecule has 2 aromatic rings. The fraction of sp³-hybridized carbons (Fsp3) is 0.421. The molecule has 1 fully saturated rings. The van der Waals surface area contributed by atoms with Gasteiger partial charge in [0.1, 0.15) is 0 Å². The fourth-order valence-corrected chi connectivity index (χ4v) is 4.05. The van der Waals surface area contributed by atoms with Gasteiger partial charge >= 0.3 is 6.03 Å². The predicted octanol–water partition coefficient (Wildman–Crippen LogP) is 1.23. The number of amides is 4. The molecule has 1 aromatic carbocycles. The topological polar surface area (TPSA) is 109 Å². The van der Waals surface area contributed by atoms with E-state index >= 15 is 0 Å². The lowest BCUT2D eigenvalue weighted by Gasteiger charge is -2.28. The number of hydrogen-bond donors (Lipinski definition) is 1. The number of carbonyl (C=O) groups is 3. The first-order valence-electron chi connectivity index (χ1n) is 9.47. The van der Waals surface area contributed by atoms with Gasteiger partial charge in [0.15, 0.2) is 0 Å². The molecule has 0 saturated carbocycles. The van der Waals surface area contributed by atoms with E-state index in [0.717, 1.165) is 6.42 Å². The van der Waals surface area contributed by atoms with Crippen LogP contribution in [-0.4, -0.2) is 63.2 Å². The van der Waals surface area contributed by atoms with E-state index in [0.29, 0.717) is 50.1 Å². The number of nitrogens with one attached hydrogen (secondary N) is 1. The standard InChI is InChI=1S/C19H21N5O4S/c25-15-6-9-23(18(27)20-15)10-7-16-21-22-19(28-16)29-12-17(26)24-8-5-13-3-1-2-4-14(13)11-24/h1-4H,5-12H2,(H,20,25,27). The van der Waals surface area contributed by atoms with E-state index < -0.39 is 6.03 Å². The number of urea groups is 1. The number of nitrogens with zero attached hydrogens (tertiary/aromatic N) is 4. The Kier molecular flexibility index (Phi) is 5.79. The number of carbonyl (C=O) groups excluding carboxylic acids is 3. The van der Waals surface area contributed by atoms with Gasteiger partial charge in [-0.15, -0.1) is 10.2 Å². The Bertz CT molecular complexity index is 931. The zero-order valence-electron chi connectivity index (χ0n) is 15.8. The van der Waals surface area contributed by atoms with Gasteiger partial charge in [0.05, 0.1) is 5.75 Å². The van der Waals surface area contributed by atoms with E-state index in [1.807, 2.05) is 17.0 Å². The summed E-state index contributed by atoms with van der Waals surface area (Å²) >= 11 is 1.22. The second-order valence-electron chi connectivity index (χ2n) is 6.92. The molecule has 3 heterocycles. The molecule has 1 saturated heterocycles. The van der Waals surface area contributed by atoms with Crippen LogP contribution in [0.5, 0.6) is 0 Å². The highest BCUT2D eigenvalue weighted by molar-refractivity contribution is 7.99. The number of benzene rings is 1. The van der Waals surface area contributed by atoms with Crippen molar-refractivity contribution < 1.29 is 18.8 Å². The lowest BCUT2D eigenvalue weighted by Crippen LogP contribution is -2.49. The molecule has 1 N–H and O–H groups in total. The van der Waals surface area contributed by atoms with Gasteiger partial charge in [-0.25, -0.2) is 4.79 Å². The smallest absolute Gasteiger partial charge is 0.324 e. The number of rotatable bonds is 6. The summed E-state index contributed by atoms with van der Waals surface area (Å²) in [5.41, 5.74) is 2.50. The highest BCUT2D eigenvalue weighted by Gasteiger charge is 2.24. The average molecular weight is 415 g/mol. The van der Waals surface area contributed by atoms with Crippen LogP contribution in [0.1, 0.15) is 23.4 Å². The Balaban J connectivity index is 1.24.